The van der Waals surface area contributed by atoms with Gasteiger partial charge < -0.3 is 10.5 Å². The van der Waals surface area contributed by atoms with Gasteiger partial charge in [0.15, 0.2) is 0 Å². The van der Waals surface area contributed by atoms with Gasteiger partial charge in [-0.05, 0) is 18.6 Å². The number of carbonyl (C=O) groups is 1. The van der Waals surface area contributed by atoms with Gasteiger partial charge in [0.05, 0.1) is 18.7 Å². The van der Waals surface area contributed by atoms with Crippen molar-refractivity contribution in [2.45, 2.75) is 25.1 Å². The molecule has 0 aromatic carbocycles. The third-order valence-corrected chi connectivity index (χ3v) is 2.78. The number of rotatable bonds is 5. The zero-order valence-electron chi connectivity index (χ0n) is 9.75. The Morgan fingerprint density at radius 3 is 2.78 bits per heavy atom. The van der Waals surface area contributed by atoms with Crippen LogP contribution in [0.15, 0.2) is 6.07 Å². The molecule has 0 saturated carbocycles. The summed E-state index contributed by atoms with van der Waals surface area (Å²) >= 11 is 3.14. The number of ether oxygens (including phenoxy) is 1. The largest absolute Gasteiger partial charge is 0.466 e. The summed E-state index contributed by atoms with van der Waals surface area (Å²) in [6, 6.07) is 1.09. The third-order valence-electron chi connectivity index (χ3n) is 2.25. The van der Waals surface area contributed by atoms with Gasteiger partial charge >= 0.3 is 5.97 Å². The fourth-order valence-electron chi connectivity index (χ4n) is 1.53. The molecule has 1 aromatic rings. The molecule has 2 N–H and O–H groups in total. The molecule has 0 fully saturated rings. The smallest absolute Gasteiger partial charge is 0.310 e. The Balaban J connectivity index is 3.16. The molecule has 0 unspecified atom stereocenters. The highest BCUT2D eigenvalue weighted by Gasteiger charge is 2.20. The molecule has 0 spiro atoms. The van der Waals surface area contributed by atoms with Crippen LogP contribution in [0.4, 0.5) is 14.6 Å². The summed E-state index contributed by atoms with van der Waals surface area (Å²) < 4.78 is 30.6. The van der Waals surface area contributed by atoms with Crippen molar-refractivity contribution in [2.75, 3.05) is 12.3 Å². The van der Waals surface area contributed by atoms with Crippen molar-refractivity contribution in [3.05, 3.63) is 22.9 Å². The summed E-state index contributed by atoms with van der Waals surface area (Å²) in [5.74, 6) is -0.555. The van der Waals surface area contributed by atoms with Gasteiger partial charge in [-0.3, -0.25) is 4.79 Å². The fraction of sp³-hybridized carbons (Fsp3) is 0.455. The number of anilines is 1. The first-order valence-electron chi connectivity index (χ1n) is 5.27. The van der Waals surface area contributed by atoms with Gasteiger partial charge in [-0.2, -0.15) is 0 Å². The maximum atomic E-state index is 12.9. The van der Waals surface area contributed by atoms with Gasteiger partial charge in [0.1, 0.15) is 5.82 Å². The van der Waals surface area contributed by atoms with Crippen LogP contribution in [0.3, 0.4) is 0 Å². The minimum atomic E-state index is -2.71. The molecule has 100 valence electrons. The Morgan fingerprint density at radius 1 is 1.61 bits per heavy atom. The van der Waals surface area contributed by atoms with Crippen LogP contribution in [0.1, 0.15) is 30.2 Å². The number of hydrogen-bond donors (Lipinski definition) is 1. The van der Waals surface area contributed by atoms with Crippen molar-refractivity contribution < 1.29 is 18.3 Å². The molecule has 0 saturated heterocycles. The number of alkyl halides is 3. The van der Waals surface area contributed by atoms with Crippen molar-refractivity contribution in [1.29, 1.82) is 0 Å². The Kier molecular flexibility index (Phi) is 5.46. The van der Waals surface area contributed by atoms with Gasteiger partial charge in [0.25, 0.3) is 6.43 Å². The first-order chi connectivity index (χ1) is 8.49. The summed E-state index contributed by atoms with van der Waals surface area (Å²) in [5.41, 5.74) is 5.68. The molecule has 0 aliphatic carbocycles. The van der Waals surface area contributed by atoms with Crippen LogP contribution in [-0.4, -0.2) is 17.6 Å². The van der Waals surface area contributed by atoms with Crippen LogP contribution in [0.2, 0.25) is 0 Å². The van der Waals surface area contributed by atoms with E-state index in [1.54, 1.807) is 6.92 Å². The van der Waals surface area contributed by atoms with E-state index >= 15 is 0 Å². The van der Waals surface area contributed by atoms with Crippen molar-refractivity contribution in [3.8, 4) is 0 Å². The number of esters is 1. The molecule has 0 aliphatic rings. The van der Waals surface area contributed by atoms with E-state index in [1.165, 1.54) is 0 Å². The molecule has 1 heterocycles. The van der Waals surface area contributed by atoms with Crippen LogP contribution in [0, 0.1) is 0 Å². The summed E-state index contributed by atoms with van der Waals surface area (Å²) in [4.78, 5) is 15.3. The fourth-order valence-corrected chi connectivity index (χ4v) is 2.00. The van der Waals surface area contributed by atoms with Gasteiger partial charge in [-0.1, -0.05) is 15.9 Å². The lowest BCUT2D eigenvalue weighted by Crippen LogP contribution is -2.13. The summed E-state index contributed by atoms with van der Waals surface area (Å²) in [6.45, 7) is 1.85. The van der Waals surface area contributed by atoms with Gasteiger partial charge in [-0.15, -0.1) is 0 Å². The minimum Gasteiger partial charge on any atom is -0.466 e. The third kappa shape index (κ3) is 3.63. The SMILES string of the molecule is CCOC(=O)Cc1c(C(F)F)cc(N)nc1CBr. The summed E-state index contributed by atoms with van der Waals surface area (Å²) in [6.07, 6.45) is -2.95. The summed E-state index contributed by atoms with van der Waals surface area (Å²) in [7, 11) is 0. The lowest BCUT2D eigenvalue weighted by molar-refractivity contribution is -0.142. The van der Waals surface area contributed by atoms with Crippen LogP contribution < -0.4 is 5.73 Å². The lowest BCUT2D eigenvalue weighted by Gasteiger charge is -2.13. The molecule has 0 atom stereocenters. The second-order valence-corrected chi connectivity index (χ2v) is 4.04. The quantitative estimate of drug-likeness (QED) is 0.668. The van der Waals surface area contributed by atoms with E-state index in [-0.39, 0.29) is 35.3 Å². The average molecular weight is 323 g/mol. The number of nitrogens with zero attached hydrogens (tertiary/aromatic N) is 1. The molecule has 1 rings (SSSR count). The monoisotopic (exact) mass is 322 g/mol. The molecular weight excluding hydrogens is 310 g/mol. The Hall–Kier alpha value is -1.24. The molecule has 0 radical (unpaired) electrons. The highest BCUT2D eigenvalue weighted by molar-refractivity contribution is 9.08. The number of halogens is 3. The van der Waals surface area contributed by atoms with Crippen molar-refractivity contribution in [2.24, 2.45) is 0 Å². The van der Waals surface area contributed by atoms with E-state index in [1.807, 2.05) is 0 Å². The van der Waals surface area contributed by atoms with Gasteiger partial charge in [0, 0.05) is 10.9 Å². The second kappa shape index (κ2) is 6.63. The number of hydrogen-bond acceptors (Lipinski definition) is 4. The molecule has 7 heteroatoms. The highest BCUT2D eigenvalue weighted by Crippen LogP contribution is 2.28. The molecule has 0 bridgehead atoms. The Bertz CT molecular complexity index is 441. The maximum Gasteiger partial charge on any atom is 0.310 e. The van der Waals surface area contributed by atoms with Gasteiger partial charge in [0.2, 0.25) is 0 Å². The van der Waals surface area contributed by atoms with Crippen molar-refractivity contribution in [3.63, 3.8) is 0 Å². The molecule has 4 nitrogen and oxygen atoms in total. The minimum absolute atomic E-state index is 0.00681. The second-order valence-electron chi connectivity index (χ2n) is 3.48. The number of pyridine rings is 1. The Morgan fingerprint density at radius 2 is 2.28 bits per heavy atom. The topological polar surface area (TPSA) is 65.2 Å². The maximum absolute atomic E-state index is 12.9. The standard InChI is InChI=1S/C11H13BrF2N2O2/c1-2-18-10(17)4-6-7(11(13)14)3-9(15)16-8(6)5-12/h3,11H,2,4-5H2,1H3,(H2,15,16). The predicted octanol–water partition coefficient (Wildman–Crippen LogP) is 2.60. The Labute approximate surface area is 112 Å². The zero-order chi connectivity index (χ0) is 13.7. The molecule has 0 amide bonds. The number of nitrogen functional groups attached to an aromatic ring is 1. The van der Waals surface area contributed by atoms with Crippen molar-refractivity contribution >= 4 is 27.7 Å². The van der Waals surface area contributed by atoms with Crippen LogP contribution in [-0.2, 0) is 21.3 Å². The number of aromatic nitrogens is 1. The van der Waals surface area contributed by atoms with E-state index in [2.05, 4.69) is 20.9 Å². The molecular formula is C11H13BrF2N2O2. The van der Waals surface area contributed by atoms with E-state index in [4.69, 9.17) is 10.5 Å². The highest BCUT2D eigenvalue weighted by atomic mass is 79.9. The van der Waals surface area contributed by atoms with Crippen LogP contribution >= 0.6 is 15.9 Å². The first-order valence-corrected chi connectivity index (χ1v) is 6.39. The molecule has 18 heavy (non-hydrogen) atoms. The molecule has 0 aliphatic heterocycles. The van der Waals surface area contributed by atoms with E-state index in [0.717, 1.165) is 6.07 Å². The zero-order valence-corrected chi connectivity index (χ0v) is 11.3. The number of carbonyl (C=O) groups excluding carboxylic acids is 1. The molecule has 1 aromatic heterocycles. The number of nitrogens with two attached hydrogens (primary N) is 1. The van der Waals surface area contributed by atoms with E-state index in [9.17, 15) is 13.6 Å². The van der Waals surface area contributed by atoms with Crippen LogP contribution in [0.5, 0.6) is 0 Å². The lowest BCUT2D eigenvalue weighted by atomic mass is 10.0. The normalized spacial score (nSPS) is 10.7. The van der Waals surface area contributed by atoms with E-state index < -0.39 is 12.4 Å². The predicted molar refractivity (Wildman–Crippen MR) is 66.6 cm³/mol. The van der Waals surface area contributed by atoms with E-state index in [0.29, 0.717) is 5.69 Å². The average Bonchev–Trinajstić information content (AvgIpc) is 2.30. The van der Waals surface area contributed by atoms with Crippen LogP contribution in [0.25, 0.3) is 0 Å². The summed E-state index contributed by atoms with van der Waals surface area (Å²) in [5, 5.41) is 0.243. The van der Waals surface area contributed by atoms with Gasteiger partial charge in [-0.25, -0.2) is 13.8 Å². The first kappa shape index (κ1) is 14.8. The van der Waals surface area contributed by atoms with Crippen molar-refractivity contribution in [1.82, 2.24) is 4.98 Å².